The van der Waals surface area contributed by atoms with Crippen molar-refractivity contribution in [2.75, 3.05) is 13.1 Å². The van der Waals surface area contributed by atoms with E-state index in [9.17, 15) is 15.0 Å². The van der Waals surface area contributed by atoms with Gasteiger partial charge in [0.05, 0.1) is 24.3 Å². The van der Waals surface area contributed by atoms with Gasteiger partial charge in [-0.2, -0.15) is 0 Å². The fourth-order valence-electron chi connectivity index (χ4n) is 7.38. The second kappa shape index (κ2) is 22.6. The first-order valence-corrected chi connectivity index (χ1v) is 21.0. The highest BCUT2D eigenvalue weighted by Gasteiger charge is 2.40. The molecule has 4 atom stereocenters. The number of rotatable bonds is 22. The van der Waals surface area contributed by atoms with Crippen molar-refractivity contribution in [3.8, 4) is 0 Å². The molecule has 4 aromatic rings. The molecule has 0 aliphatic carbocycles. The number of nitrogens with zero attached hydrogens (tertiary/aromatic N) is 1. The maximum Gasteiger partial charge on any atom is 0.410 e. The second-order valence-corrected chi connectivity index (χ2v) is 17.3. The molecule has 0 aromatic heterocycles. The van der Waals surface area contributed by atoms with Gasteiger partial charge in [0, 0.05) is 26.2 Å². The number of aliphatic hydroxyl groups excluding tert-OH is 2. The molecule has 0 fully saturated rings. The third-order valence-corrected chi connectivity index (χ3v) is 10.4. The summed E-state index contributed by atoms with van der Waals surface area (Å²) in [5.74, 6) is 0.796. The maximum absolute atomic E-state index is 14.8. The Hall–Kier alpha value is -4.53. The van der Waals surface area contributed by atoms with Crippen LogP contribution in [0.5, 0.6) is 0 Å². The first kappa shape index (κ1) is 46.2. The van der Waals surface area contributed by atoms with Gasteiger partial charge in [-0.25, -0.2) is 4.79 Å². The number of allylic oxidation sites excluding steroid dienone is 2. The Bertz CT molecular complexity index is 1770. The van der Waals surface area contributed by atoms with Crippen molar-refractivity contribution < 1.29 is 19.7 Å². The van der Waals surface area contributed by atoms with Crippen LogP contribution in [0.4, 0.5) is 4.79 Å². The molecule has 312 valence electrons. The largest absolute Gasteiger partial charge is 0.444 e. The molecule has 0 radical (unpaired) electrons. The zero-order chi connectivity index (χ0) is 42.2. The highest BCUT2D eigenvalue weighted by Crippen LogP contribution is 2.26. The lowest BCUT2D eigenvalue weighted by atomic mass is 9.92. The number of ether oxygens (including phenoxy) is 1. The Morgan fingerprint density at radius 3 is 1.40 bits per heavy atom. The van der Waals surface area contributed by atoms with Crippen molar-refractivity contribution in [2.24, 2.45) is 0 Å². The van der Waals surface area contributed by atoms with E-state index in [-0.39, 0.29) is 13.1 Å². The highest BCUT2D eigenvalue weighted by atomic mass is 16.6. The molecule has 58 heavy (non-hydrogen) atoms. The first-order chi connectivity index (χ1) is 27.7. The summed E-state index contributed by atoms with van der Waals surface area (Å²) >= 11 is 0. The summed E-state index contributed by atoms with van der Waals surface area (Å²) in [6.45, 7) is 23.6. The lowest BCUT2D eigenvalue weighted by Crippen LogP contribution is -2.61. The molecule has 0 spiro atoms. The smallest absolute Gasteiger partial charge is 0.410 e. The molecule has 7 heteroatoms. The maximum atomic E-state index is 14.8. The predicted molar refractivity (Wildman–Crippen MR) is 240 cm³/mol. The summed E-state index contributed by atoms with van der Waals surface area (Å²) in [5, 5.41) is 31.7. The lowest BCUT2D eigenvalue weighted by molar-refractivity contribution is -0.0429. The molecule has 0 aliphatic rings. The Kier molecular flexibility index (Phi) is 18.0. The molecular formula is C51H69N3O4. The SMILES string of the molecule is C=CCc1cccc(CC(C(O)CNCc2cccc(C(C)C)c2)N(C(=O)OC(C)(C)C)C(Cc2cccc(CC=C)c2)C(O)CNCc2cccc(C(C)C)c2)c1. The molecule has 4 unspecified atom stereocenters. The van der Waals surface area contributed by atoms with E-state index in [4.69, 9.17) is 4.74 Å². The van der Waals surface area contributed by atoms with E-state index < -0.39 is 36.0 Å². The van der Waals surface area contributed by atoms with Gasteiger partial charge in [0.1, 0.15) is 5.60 Å². The Balaban J connectivity index is 1.77. The van der Waals surface area contributed by atoms with E-state index >= 15 is 0 Å². The molecule has 7 nitrogen and oxygen atoms in total. The van der Waals surface area contributed by atoms with Crippen LogP contribution in [0.3, 0.4) is 0 Å². The average Bonchev–Trinajstić information content (AvgIpc) is 3.17. The minimum absolute atomic E-state index is 0.213. The van der Waals surface area contributed by atoms with Crippen molar-refractivity contribution in [3.05, 3.63) is 167 Å². The van der Waals surface area contributed by atoms with E-state index in [1.54, 1.807) is 4.90 Å². The first-order valence-electron chi connectivity index (χ1n) is 21.0. The third kappa shape index (κ3) is 14.7. The van der Waals surface area contributed by atoms with Crippen LogP contribution in [0, 0.1) is 0 Å². The minimum Gasteiger partial charge on any atom is -0.444 e. The van der Waals surface area contributed by atoms with Crippen molar-refractivity contribution in [1.29, 1.82) is 0 Å². The summed E-state index contributed by atoms with van der Waals surface area (Å²) < 4.78 is 6.18. The van der Waals surface area contributed by atoms with E-state index in [2.05, 4.69) is 124 Å². The zero-order valence-electron chi connectivity index (χ0n) is 36.1. The average molecular weight is 788 g/mol. The van der Waals surface area contributed by atoms with Crippen LogP contribution in [0.1, 0.15) is 105 Å². The molecule has 0 saturated heterocycles. The molecule has 4 N–H and O–H groups in total. The summed E-state index contributed by atoms with van der Waals surface area (Å²) in [4.78, 5) is 16.4. The number of amides is 1. The molecule has 0 bridgehead atoms. The van der Waals surface area contributed by atoms with Crippen LogP contribution in [0.15, 0.2) is 122 Å². The van der Waals surface area contributed by atoms with Crippen molar-refractivity contribution in [2.45, 2.75) is 129 Å². The molecule has 4 aromatic carbocycles. The van der Waals surface area contributed by atoms with Crippen LogP contribution in [-0.2, 0) is 43.5 Å². The Morgan fingerprint density at radius 2 is 1.02 bits per heavy atom. The van der Waals surface area contributed by atoms with E-state index in [0.717, 1.165) is 33.4 Å². The highest BCUT2D eigenvalue weighted by molar-refractivity contribution is 5.69. The molecule has 1 amide bonds. The Labute approximate surface area is 349 Å². The third-order valence-electron chi connectivity index (χ3n) is 10.4. The van der Waals surface area contributed by atoms with Crippen molar-refractivity contribution in [3.63, 3.8) is 0 Å². The van der Waals surface area contributed by atoms with E-state index in [1.807, 2.05) is 57.2 Å². The number of nitrogens with one attached hydrogen (secondary N) is 2. The Morgan fingerprint density at radius 1 is 0.638 bits per heavy atom. The number of hydrogen-bond donors (Lipinski definition) is 4. The molecular weight excluding hydrogens is 719 g/mol. The number of carbonyl (C=O) groups excluding carboxylic acids is 1. The number of carbonyl (C=O) groups is 1. The number of hydrogen-bond acceptors (Lipinski definition) is 6. The summed E-state index contributed by atoms with van der Waals surface area (Å²) in [6.07, 6.45) is 3.19. The van der Waals surface area contributed by atoms with Gasteiger partial charge in [0.15, 0.2) is 0 Å². The molecule has 0 heterocycles. The molecule has 0 saturated carbocycles. The number of benzene rings is 4. The predicted octanol–water partition coefficient (Wildman–Crippen LogP) is 9.45. The molecule has 0 aliphatic heterocycles. The topological polar surface area (TPSA) is 94.1 Å². The zero-order valence-corrected chi connectivity index (χ0v) is 36.1. The van der Waals surface area contributed by atoms with Gasteiger partial charge >= 0.3 is 6.09 Å². The fourth-order valence-corrected chi connectivity index (χ4v) is 7.38. The van der Waals surface area contributed by atoms with Gasteiger partial charge in [-0.05, 0) is 103 Å². The normalized spacial score (nSPS) is 13.8. The monoisotopic (exact) mass is 788 g/mol. The quantitative estimate of drug-likeness (QED) is 0.0594. The van der Waals surface area contributed by atoms with Gasteiger partial charge in [-0.3, -0.25) is 4.90 Å². The van der Waals surface area contributed by atoms with E-state index in [0.29, 0.717) is 50.6 Å². The van der Waals surface area contributed by atoms with Crippen molar-refractivity contribution in [1.82, 2.24) is 15.5 Å². The summed E-state index contributed by atoms with van der Waals surface area (Å²) in [7, 11) is 0. The standard InChI is InChI=1S/C51H69N3O4/c1-10-16-38-18-12-20-40(26-38)30-46(48(55)34-52-32-42-22-14-24-44(28-42)36(3)4)54(50(57)58-51(7,8)9)47(31-41-21-13-19-39(27-41)17-11-2)49(56)35-53-33-43-23-15-25-45(29-43)37(5)6/h10-15,18-29,36-37,46-49,52-53,55-56H,1-2,16-17,30-35H2,3-9H3. The van der Waals surface area contributed by atoms with Crippen molar-refractivity contribution >= 4 is 6.09 Å². The fraction of sp³-hybridized carbons (Fsp3) is 0.431. The van der Waals surface area contributed by atoms with Gasteiger partial charge in [0.25, 0.3) is 0 Å². The molecule has 4 rings (SSSR count). The lowest BCUT2D eigenvalue weighted by Gasteiger charge is -2.43. The second-order valence-electron chi connectivity index (χ2n) is 17.3. The van der Waals surface area contributed by atoms with Crippen LogP contribution < -0.4 is 10.6 Å². The van der Waals surface area contributed by atoms with Gasteiger partial charge in [0.2, 0.25) is 0 Å². The summed E-state index contributed by atoms with van der Waals surface area (Å²) in [6, 6.07) is 31.8. The summed E-state index contributed by atoms with van der Waals surface area (Å²) in [5.41, 5.74) is 8.03. The van der Waals surface area contributed by atoms with Gasteiger partial charge in [-0.15, -0.1) is 13.2 Å². The van der Waals surface area contributed by atoms with E-state index in [1.165, 1.54) is 11.1 Å². The van der Waals surface area contributed by atoms with Crippen LogP contribution in [0.2, 0.25) is 0 Å². The van der Waals surface area contributed by atoms with Crippen LogP contribution >= 0.6 is 0 Å². The van der Waals surface area contributed by atoms with Crippen LogP contribution in [-0.4, -0.2) is 64.2 Å². The number of aliphatic hydroxyl groups is 2. The minimum atomic E-state index is -1.02. The van der Waals surface area contributed by atoms with Crippen LogP contribution in [0.25, 0.3) is 0 Å². The van der Waals surface area contributed by atoms with Gasteiger partial charge in [-0.1, -0.05) is 137 Å². The van der Waals surface area contributed by atoms with Gasteiger partial charge < -0.3 is 25.6 Å².